The molecule has 2 N–H and O–H groups in total. The number of amides is 1. The number of carbonyl (C=O) groups is 1. The van der Waals surface area contributed by atoms with E-state index in [9.17, 15) is 14.3 Å². The third kappa shape index (κ3) is 1.93. The molecule has 1 saturated carbocycles. The highest BCUT2D eigenvalue weighted by Gasteiger charge is 2.39. The molecule has 0 aromatic heterocycles. The summed E-state index contributed by atoms with van der Waals surface area (Å²) in [4.78, 5) is 11.6. The van der Waals surface area contributed by atoms with Crippen LogP contribution in [0.1, 0.15) is 30.1 Å². The highest BCUT2D eigenvalue weighted by atomic mass is 19.1. The van der Waals surface area contributed by atoms with Crippen LogP contribution in [0.3, 0.4) is 0 Å². The van der Waals surface area contributed by atoms with Crippen molar-refractivity contribution >= 4 is 5.91 Å². The molecule has 1 amide bonds. The predicted octanol–water partition coefficient (Wildman–Crippen LogP) is 1.81. The molecule has 4 heteroatoms. The lowest BCUT2D eigenvalue weighted by atomic mass is 10.1. The Kier molecular flexibility index (Phi) is 2.14. The molecule has 80 valence electrons. The number of halogens is 1. The summed E-state index contributed by atoms with van der Waals surface area (Å²) in [5.74, 6) is -1.57. The van der Waals surface area contributed by atoms with Gasteiger partial charge in [-0.25, -0.2) is 4.39 Å². The van der Waals surface area contributed by atoms with Crippen molar-refractivity contribution in [2.24, 2.45) is 0 Å². The Morgan fingerprint density at radius 2 is 2.20 bits per heavy atom. The maximum Gasteiger partial charge on any atom is 0.258 e. The Morgan fingerprint density at radius 3 is 2.73 bits per heavy atom. The standard InChI is InChI=1S/C11H12FNO2/c1-11(5-6-11)13-10(15)9-7(12)3-2-4-8(9)14/h2-4,14H,5-6H2,1H3,(H,13,15). The molecule has 0 spiro atoms. The van der Waals surface area contributed by atoms with E-state index in [4.69, 9.17) is 0 Å². The van der Waals surface area contributed by atoms with Gasteiger partial charge in [-0.05, 0) is 31.9 Å². The minimum Gasteiger partial charge on any atom is -0.507 e. The van der Waals surface area contributed by atoms with E-state index in [-0.39, 0.29) is 16.9 Å². The van der Waals surface area contributed by atoms with Crippen molar-refractivity contribution in [1.82, 2.24) is 5.32 Å². The molecule has 0 unspecified atom stereocenters. The first-order valence-corrected chi connectivity index (χ1v) is 4.82. The SMILES string of the molecule is CC1(NC(=O)c2c(O)cccc2F)CC1. The summed E-state index contributed by atoms with van der Waals surface area (Å²) in [5, 5.41) is 12.1. The predicted molar refractivity (Wildman–Crippen MR) is 53.2 cm³/mol. The number of rotatable bonds is 2. The van der Waals surface area contributed by atoms with E-state index in [1.54, 1.807) is 0 Å². The van der Waals surface area contributed by atoms with Crippen molar-refractivity contribution < 1.29 is 14.3 Å². The lowest BCUT2D eigenvalue weighted by Gasteiger charge is -2.12. The highest BCUT2D eigenvalue weighted by molar-refractivity contribution is 5.97. The Balaban J connectivity index is 2.25. The third-order valence-electron chi connectivity index (χ3n) is 2.63. The lowest BCUT2D eigenvalue weighted by Crippen LogP contribution is -2.34. The van der Waals surface area contributed by atoms with Gasteiger partial charge in [-0.2, -0.15) is 0 Å². The van der Waals surface area contributed by atoms with Crippen LogP contribution in [0.25, 0.3) is 0 Å². The molecule has 1 aliphatic carbocycles. The summed E-state index contributed by atoms with van der Waals surface area (Å²) < 4.78 is 13.3. The number of nitrogens with one attached hydrogen (secondary N) is 1. The fraction of sp³-hybridized carbons (Fsp3) is 0.364. The Labute approximate surface area is 86.9 Å². The number of phenolic OH excluding ortho intramolecular Hbond substituents is 1. The number of aromatic hydroxyl groups is 1. The third-order valence-corrected chi connectivity index (χ3v) is 2.63. The molecule has 0 atom stereocenters. The van der Waals surface area contributed by atoms with E-state index >= 15 is 0 Å². The summed E-state index contributed by atoms with van der Waals surface area (Å²) in [6, 6.07) is 3.82. The number of benzene rings is 1. The van der Waals surface area contributed by atoms with Gasteiger partial charge >= 0.3 is 0 Å². The fourth-order valence-electron chi connectivity index (χ4n) is 1.39. The van der Waals surface area contributed by atoms with E-state index < -0.39 is 11.7 Å². The number of carbonyl (C=O) groups excluding carboxylic acids is 1. The molecule has 0 bridgehead atoms. The summed E-state index contributed by atoms with van der Waals surface area (Å²) in [6.45, 7) is 1.89. The summed E-state index contributed by atoms with van der Waals surface area (Å²) in [7, 11) is 0. The van der Waals surface area contributed by atoms with Crippen molar-refractivity contribution in [3.05, 3.63) is 29.6 Å². The summed E-state index contributed by atoms with van der Waals surface area (Å²) in [5.41, 5.74) is -0.489. The van der Waals surface area contributed by atoms with Gasteiger partial charge in [0.1, 0.15) is 17.1 Å². The van der Waals surface area contributed by atoms with Crippen LogP contribution < -0.4 is 5.32 Å². The second kappa shape index (κ2) is 3.22. The van der Waals surface area contributed by atoms with Crippen molar-refractivity contribution in [1.29, 1.82) is 0 Å². The molecule has 3 nitrogen and oxygen atoms in total. The number of hydrogen-bond donors (Lipinski definition) is 2. The highest BCUT2D eigenvalue weighted by Crippen LogP contribution is 2.35. The van der Waals surface area contributed by atoms with Gasteiger partial charge in [0, 0.05) is 5.54 Å². The van der Waals surface area contributed by atoms with Gasteiger partial charge in [0.2, 0.25) is 0 Å². The monoisotopic (exact) mass is 209 g/mol. The molecule has 15 heavy (non-hydrogen) atoms. The molecule has 1 aliphatic rings. The average molecular weight is 209 g/mol. The molecular weight excluding hydrogens is 197 g/mol. The number of hydrogen-bond acceptors (Lipinski definition) is 2. The molecule has 0 radical (unpaired) electrons. The van der Waals surface area contributed by atoms with Crippen molar-refractivity contribution in [3.8, 4) is 5.75 Å². The van der Waals surface area contributed by atoms with Gasteiger partial charge in [-0.15, -0.1) is 0 Å². The molecule has 2 rings (SSSR count). The topological polar surface area (TPSA) is 49.3 Å². The average Bonchev–Trinajstić information content (AvgIpc) is 2.82. The lowest BCUT2D eigenvalue weighted by molar-refractivity contribution is 0.0928. The van der Waals surface area contributed by atoms with Gasteiger partial charge < -0.3 is 10.4 Å². The van der Waals surface area contributed by atoms with Crippen LogP contribution in [0.5, 0.6) is 5.75 Å². The van der Waals surface area contributed by atoms with E-state index in [2.05, 4.69) is 5.32 Å². The largest absolute Gasteiger partial charge is 0.507 e. The smallest absolute Gasteiger partial charge is 0.258 e. The van der Waals surface area contributed by atoms with E-state index in [0.29, 0.717) is 0 Å². The maximum atomic E-state index is 13.3. The van der Waals surface area contributed by atoms with Crippen molar-refractivity contribution in [2.75, 3.05) is 0 Å². The quantitative estimate of drug-likeness (QED) is 0.780. The van der Waals surface area contributed by atoms with E-state index in [1.165, 1.54) is 12.1 Å². The first kappa shape index (κ1) is 9.96. The number of phenols is 1. The van der Waals surface area contributed by atoms with Gasteiger partial charge in [-0.1, -0.05) is 6.07 Å². The first-order chi connectivity index (χ1) is 7.02. The molecule has 1 aromatic carbocycles. The van der Waals surface area contributed by atoms with Crippen LogP contribution >= 0.6 is 0 Å². The second-order valence-corrected chi connectivity index (χ2v) is 4.15. The Hall–Kier alpha value is -1.58. The molecule has 0 heterocycles. The first-order valence-electron chi connectivity index (χ1n) is 4.82. The second-order valence-electron chi connectivity index (χ2n) is 4.15. The van der Waals surface area contributed by atoms with Gasteiger partial charge in [0.25, 0.3) is 5.91 Å². The van der Waals surface area contributed by atoms with Crippen molar-refractivity contribution in [2.45, 2.75) is 25.3 Å². The zero-order chi connectivity index (χ0) is 11.1. The summed E-state index contributed by atoms with van der Waals surface area (Å²) in [6.07, 6.45) is 1.79. The molecule has 1 aromatic rings. The Bertz CT molecular complexity index is 393. The zero-order valence-corrected chi connectivity index (χ0v) is 8.38. The van der Waals surface area contributed by atoms with Crippen molar-refractivity contribution in [3.63, 3.8) is 0 Å². The van der Waals surface area contributed by atoms with Crippen LogP contribution in [-0.4, -0.2) is 16.6 Å². The van der Waals surface area contributed by atoms with Gasteiger partial charge in [0.15, 0.2) is 0 Å². The van der Waals surface area contributed by atoms with Crippen LogP contribution in [0, 0.1) is 5.82 Å². The molecule has 1 fully saturated rings. The maximum absolute atomic E-state index is 13.3. The minimum absolute atomic E-state index is 0.216. The molecule has 0 saturated heterocycles. The summed E-state index contributed by atoms with van der Waals surface area (Å²) >= 11 is 0. The molecular formula is C11H12FNO2. The van der Waals surface area contributed by atoms with E-state index in [0.717, 1.165) is 18.9 Å². The Morgan fingerprint density at radius 1 is 1.53 bits per heavy atom. The van der Waals surface area contributed by atoms with Crippen LogP contribution in [-0.2, 0) is 0 Å². The van der Waals surface area contributed by atoms with E-state index in [1.807, 2.05) is 6.92 Å². The molecule has 0 aliphatic heterocycles. The minimum atomic E-state index is -0.697. The van der Waals surface area contributed by atoms with Crippen LogP contribution in [0.2, 0.25) is 0 Å². The zero-order valence-electron chi connectivity index (χ0n) is 8.38. The normalized spacial score (nSPS) is 17.2. The van der Waals surface area contributed by atoms with Crippen LogP contribution in [0.15, 0.2) is 18.2 Å². The van der Waals surface area contributed by atoms with Gasteiger partial charge in [-0.3, -0.25) is 4.79 Å². The van der Waals surface area contributed by atoms with Crippen LogP contribution in [0.4, 0.5) is 4.39 Å². The fourth-order valence-corrected chi connectivity index (χ4v) is 1.39. The van der Waals surface area contributed by atoms with Gasteiger partial charge in [0.05, 0.1) is 0 Å².